The topological polar surface area (TPSA) is 57.8 Å². The summed E-state index contributed by atoms with van der Waals surface area (Å²) in [5.74, 6) is 3.13. The molecule has 2 rings (SSSR count). The van der Waals surface area contributed by atoms with Gasteiger partial charge in [-0.25, -0.2) is 4.98 Å². The van der Waals surface area contributed by atoms with Gasteiger partial charge in [-0.1, -0.05) is 12.1 Å². The number of terminal acetylenes is 1. The van der Waals surface area contributed by atoms with Crippen LogP contribution in [0.4, 0.5) is 0 Å². The van der Waals surface area contributed by atoms with E-state index in [4.69, 9.17) is 6.42 Å². The van der Waals surface area contributed by atoms with Crippen molar-refractivity contribution in [2.24, 2.45) is 0 Å². The average molecular weight is 227 g/mol. The van der Waals surface area contributed by atoms with E-state index in [1.165, 1.54) is 0 Å². The fraction of sp³-hybridized carbons (Fsp3) is 0.231. The molecule has 1 amide bonds. The van der Waals surface area contributed by atoms with E-state index in [1.807, 2.05) is 24.3 Å². The van der Waals surface area contributed by atoms with Crippen LogP contribution in [0.25, 0.3) is 11.0 Å². The fourth-order valence-corrected chi connectivity index (χ4v) is 1.55. The van der Waals surface area contributed by atoms with Crippen LogP contribution in [0.1, 0.15) is 18.7 Å². The van der Waals surface area contributed by atoms with E-state index >= 15 is 0 Å². The zero-order valence-corrected chi connectivity index (χ0v) is 9.36. The Balaban J connectivity index is 1.95. The van der Waals surface area contributed by atoms with Gasteiger partial charge in [-0.15, -0.1) is 12.3 Å². The number of imidazole rings is 1. The highest BCUT2D eigenvalue weighted by atomic mass is 16.1. The molecule has 0 atom stereocenters. The van der Waals surface area contributed by atoms with Crippen LogP contribution < -0.4 is 5.32 Å². The zero-order valence-electron chi connectivity index (χ0n) is 9.36. The molecule has 0 aliphatic heterocycles. The van der Waals surface area contributed by atoms with Gasteiger partial charge in [0.05, 0.1) is 17.6 Å². The van der Waals surface area contributed by atoms with Gasteiger partial charge in [-0.05, 0) is 12.1 Å². The number of aromatic nitrogens is 2. The quantitative estimate of drug-likeness (QED) is 0.779. The first-order valence-corrected chi connectivity index (χ1v) is 5.43. The van der Waals surface area contributed by atoms with Crippen LogP contribution in [0, 0.1) is 12.3 Å². The molecule has 0 bridgehead atoms. The number of fused-ring (bicyclic) bond motifs is 1. The summed E-state index contributed by atoms with van der Waals surface area (Å²) in [6.45, 7) is 0.401. The molecule has 0 radical (unpaired) electrons. The third-order valence-corrected chi connectivity index (χ3v) is 2.39. The number of hydrogen-bond acceptors (Lipinski definition) is 2. The lowest BCUT2D eigenvalue weighted by Crippen LogP contribution is -2.22. The molecular weight excluding hydrogens is 214 g/mol. The second-order valence-corrected chi connectivity index (χ2v) is 3.68. The molecule has 0 saturated heterocycles. The second kappa shape index (κ2) is 5.17. The van der Waals surface area contributed by atoms with E-state index in [1.54, 1.807) is 0 Å². The monoisotopic (exact) mass is 227 g/mol. The van der Waals surface area contributed by atoms with E-state index < -0.39 is 0 Å². The normalized spacial score (nSPS) is 10.1. The van der Waals surface area contributed by atoms with Gasteiger partial charge in [0, 0.05) is 12.8 Å². The van der Waals surface area contributed by atoms with Crippen LogP contribution in [0.15, 0.2) is 24.3 Å². The molecule has 0 spiro atoms. The van der Waals surface area contributed by atoms with Crippen LogP contribution >= 0.6 is 0 Å². The maximum Gasteiger partial charge on any atom is 0.221 e. The number of rotatable bonds is 4. The van der Waals surface area contributed by atoms with E-state index in [2.05, 4.69) is 21.2 Å². The van der Waals surface area contributed by atoms with Gasteiger partial charge >= 0.3 is 0 Å². The van der Waals surface area contributed by atoms with Crippen molar-refractivity contribution in [2.75, 3.05) is 0 Å². The first-order valence-electron chi connectivity index (χ1n) is 5.43. The summed E-state index contributed by atoms with van der Waals surface area (Å²) in [6.07, 6.45) is 5.91. The van der Waals surface area contributed by atoms with Crippen molar-refractivity contribution in [3.05, 3.63) is 30.1 Å². The van der Waals surface area contributed by atoms with Crippen molar-refractivity contribution in [2.45, 2.75) is 19.4 Å². The number of aromatic amines is 1. The Morgan fingerprint density at radius 3 is 3.06 bits per heavy atom. The smallest absolute Gasteiger partial charge is 0.221 e. The lowest BCUT2D eigenvalue weighted by atomic mass is 10.3. The molecule has 0 fully saturated rings. The summed E-state index contributed by atoms with van der Waals surface area (Å²) in [4.78, 5) is 18.8. The Labute approximate surface area is 99.4 Å². The molecule has 4 heteroatoms. The molecule has 0 saturated carbocycles. The fourth-order valence-electron chi connectivity index (χ4n) is 1.55. The summed E-state index contributed by atoms with van der Waals surface area (Å²) in [5.41, 5.74) is 1.88. The van der Waals surface area contributed by atoms with Gasteiger partial charge in [0.2, 0.25) is 5.91 Å². The predicted octanol–water partition coefficient (Wildman–Crippen LogP) is 1.59. The highest BCUT2D eigenvalue weighted by Crippen LogP contribution is 2.09. The molecule has 17 heavy (non-hydrogen) atoms. The van der Waals surface area contributed by atoms with E-state index in [0.717, 1.165) is 16.9 Å². The molecule has 4 nitrogen and oxygen atoms in total. The number of hydrogen-bond donors (Lipinski definition) is 2. The number of para-hydroxylation sites is 2. The molecule has 1 aromatic heterocycles. The van der Waals surface area contributed by atoms with Gasteiger partial charge < -0.3 is 10.3 Å². The minimum atomic E-state index is -0.0524. The SMILES string of the molecule is C#CCCC(=O)NCc1nc2ccccc2[nH]1. The minimum absolute atomic E-state index is 0.0524. The Morgan fingerprint density at radius 1 is 1.47 bits per heavy atom. The lowest BCUT2D eigenvalue weighted by molar-refractivity contribution is -0.121. The van der Waals surface area contributed by atoms with Crippen molar-refractivity contribution in [3.8, 4) is 12.3 Å². The third-order valence-electron chi connectivity index (χ3n) is 2.39. The maximum absolute atomic E-state index is 11.3. The zero-order chi connectivity index (χ0) is 12.1. The standard InChI is InChI=1S/C13H13N3O/c1-2-3-8-13(17)14-9-12-15-10-6-4-5-7-11(10)16-12/h1,4-7H,3,8-9H2,(H,14,17)(H,15,16). The summed E-state index contributed by atoms with van der Waals surface area (Å²) in [7, 11) is 0. The number of nitrogens with zero attached hydrogens (tertiary/aromatic N) is 1. The van der Waals surface area contributed by atoms with Gasteiger partial charge in [-0.2, -0.15) is 0 Å². The van der Waals surface area contributed by atoms with Crippen LogP contribution in [-0.2, 0) is 11.3 Å². The van der Waals surface area contributed by atoms with Crippen molar-refractivity contribution in [3.63, 3.8) is 0 Å². The van der Waals surface area contributed by atoms with Gasteiger partial charge in [0.25, 0.3) is 0 Å². The number of carbonyl (C=O) groups is 1. The van der Waals surface area contributed by atoms with Gasteiger partial charge in [0.1, 0.15) is 5.82 Å². The average Bonchev–Trinajstić information content (AvgIpc) is 2.76. The highest BCUT2D eigenvalue weighted by molar-refractivity contribution is 5.77. The molecule has 0 unspecified atom stereocenters. The van der Waals surface area contributed by atoms with Crippen LogP contribution in [0.5, 0.6) is 0 Å². The number of H-pyrrole nitrogens is 1. The molecule has 0 aliphatic rings. The molecule has 1 heterocycles. The van der Waals surface area contributed by atoms with E-state index in [9.17, 15) is 4.79 Å². The largest absolute Gasteiger partial charge is 0.349 e. The summed E-state index contributed by atoms with van der Waals surface area (Å²) in [5, 5.41) is 2.77. The first kappa shape index (κ1) is 11.2. The van der Waals surface area contributed by atoms with E-state index in [0.29, 0.717) is 19.4 Å². The molecule has 2 aromatic rings. The molecule has 2 N–H and O–H groups in total. The van der Waals surface area contributed by atoms with Crippen molar-refractivity contribution in [1.29, 1.82) is 0 Å². The molecular formula is C13H13N3O. The highest BCUT2D eigenvalue weighted by Gasteiger charge is 2.04. The van der Waals surface area contributed by atoms with Crippen molar-refractivity contribution >= 4 is 16.9 Å². The third kappa shape index (κ3) is 2.85. The predicted molar refractivity (Wildman–Crippen MR) is 66.0 cm³/mol. The maximum atomic E-state index is 11.3. The Bertz CT molecular complexity index is 532. The van der Waals surface area contributed by atoms with Crippen LogP contribution in [-0.4, -0.2) is 15.9 Å². The van der Waals surface area contributed by atoms with E-state index in [-0.39, 0.29) is 5.91 Å². The van der Waals surface area contributed by atoms with Crippen molar-refractivity contribution < 1.29 is 4.79 Å². The first-order chi connectivity index (χ1) is 8.29. The van der Waals surface area contributed by atoms with Gasteiger partial charge in [-0.3, -0.25) is 4.79 Å². The lowest BCUT2D eigenvalue weighted by Gasteiger charge is -2.00. The molecule has 1 aromatic carbocycles. The molecule has 0 aliphatic carbocycles. The van der Waals surface area contributed by atoms with Crippen LogP contribution in [0.2, 0.25) is 0 Å². The Kier molecular flexibility index (Phi) is 3.41. The minimum Gasteiger partial charge on any atom is -0.349 e. The van der Waals surface area contributed by atoms with Gasteiger partial charge in [0.15, 0.2) is 0 Å². The number of nitrogens with one attached hydrogen (secondary N) is 2. The van der Waals surface area contributed by atoms with Crippen molar-refractivity contribution in [1.82, 2.24) is 15.3 Å². The van der Waals surface area contributed by atoms with Crippen LogP contribution in [0.3, 0.4) is 0 Å². The second-order valence-electron chi connectivity index (χ2n) is 3.68. The number of carbonyl (C=O) groups excluding carboxylic acids is 1. The summed E-state index contributed by atoms with van der Waals surface area (Å²) >= 11 is 0. The Morgan fingerprint density at radius 2 is 2.29 bits per heavy atom. The summed E-state index contributed by atoms with van der Waals surface area (Å²) < 4.78 is 0. The molecule has 86 valence electrons. The Hall–Kier alpha value is -2.28. The summed E-state index contributed by atoms with van der Waals surface area (Å²) in [6, 6.07) is 7.75. The number of benzene rings is 1. The number of amides is 1.